The second-order valence-corrected chi connectivity index (χ2v) is 3.65. The van der Waals surface area contributed by atoms with Gasteiger partial charge in [-0.1, -0.05) is 0 Å². The van der Waals surface area contributed by atoms with E-state index in [1.807, 2.05) is 0 Å². The normalized spacial score (nSPS) is 20.4. The Hall–Kier alpha value is -0.400. The molecule has 1 aliphatic rings. The predicted octanol–water partition coefficient (Wildman–Crippen LogP) is -2.71. The molecule has 0 aromatic rings. The molecule has 0 radical (unpaired) electrons. The Bertz CT molecular complexity index is 406. The van der Waals surface area contributed by atoms with Crippen LogP contribution in [0.25, 0.3) is 0 Å². The molecule has 18 heavy (non-hydrogen) atoms. The van der Waals surface area contributed by atoms with Crippen LogP contribution in [0.2, 0.25) is 0 Å². The van der Waals surface area contributed by atoms with Gasteiger partial charge in [-0.15, -0.1) is 0 Å². The van der Waals surface area contributed by atoms with Crippen molar-refractivity contribution in [1.29, 1.82) is 0 Å². The molecule has 0 unspecified atom stereocenters. The molecule has 0 aromatic heterocycles. The first-order valence-electron chi connectivity index (χ1n) is 3.89. The first-order chi connectivity index (χ1) is 7.57. The summed E-state index contributed by atoms with van der Waals surface area (Å²) < 4.78 is 35.9. The van der Waals surface area contributed by atoms with Crippen molar-refractivity contribution in [2.24, 2.45) is 0 Å². The summed E-state index contributed by atoms with van der Waals surface area (Å²) in [5, 5.41) is 35.0. The van der Waals surface area contributed by atoms with E-state index in [4.69, 9.17) is 37.9 Å². The second kappa shape index (κ2) is 7.91. The minimum absolute atomic E-state index is 0. The molecule has 0 fully saturated rings. The summed E-state index contributed by atoms with van der Waals surface area (Å²) in [5.74, 6) is -2.78. The van der Waals surface area contributed by atoms with Gasteiger partial charge in [-0.2, -0.15) is 8.42 Å². The van der Waals surface area contributed by atoms with Crippen molar-refractivity contribution < 1.29 is 47.5 Å². The van der Waals surface area contributed by atoms with Crippen LogP contribution in [0.5, 0.6) is 0 Å². The standard InChI is InChI=1S/C6H8O6.Na.H2O4S.H/c7-1-2(8)5-3(9)4(10)6(11)12-5;;1-5(2,3)4;/h2,5,7-10H,1H2;;(H2,1,2,3,4);/t2-,5+;;;/m0.../s1. The van der Waals surface area contributed by atoms with Crippen molar-refractivity contribution in [3.05, 3.63) is 11.5 Å². The number of carbonyl (C=O) groups is 1. The van der Waals surface area contributed by atoms with Gasteiger partial charge in [0.25, 0.3) is 0 Å². The van der Waals surface area contributed by atoms with Crippen LogP contribution in [0, 0.1) is 0 Å². The Morgan fingerprint density at radius 1 is 1.28 bits per heavy atom. The topological polar surface area (TPSA) is 182 Å². The summed E-state index contributed by atoms with van der Waals surface area (Å²) in [4.78, 5) is 10.5. The van der Waals surface area contributed by atoms with Crippen molar-refractivity contribution >= 4 is 45.9 Å². The van der Waals surface area contributed by atoms with E-state index in [2.05, 4.69) is 4.74 Å². The van der Waals surface area contributed by atoms with Crippen LogP contribution in [0.1, 0.15) is 0 Å². The molecule has 1 aliphatic heterocycles. The van der Waals surface area contributed by atoms with Gasteiger partial charge in [-0.3, -0.25) is 9.11 Å². The molecule has 1 heterocycles. The number of cyclic esters (lactones) is 1. The Morgan fingerprint density at radius 3 is 1.89 bits per heavy atom. The third kappa shape index (κ3) is 7.13. The Morgan fingerprint density at radius 2 is 1.67 bits per heavy atom. The molecule has 10 nitrogen and oxygen atoms in total. The fraction of sp³-hybridized carbons (Fsp3) is 0.500. The van der Waals surface area contributed by atoms with Gasteiger partial charge in [-0.05, 0) is 0 Å². The van der Waals surface area contributed by atoms with E-state index in [0.717, 1.165) is 0 Å². The predicted molar refractivity (Wildman–Crippen MR) is 56.6 cm³/mol. The zero-order chi connectivity index (χ0) is 13.8. The zero-order valence-corrected chi connectivity index (χ0v) is 8.90. The average molecular weight is 298 g/mol. The van der Waals surface area contributed by atoms with Gasteiger partial charge in [0.05, 0.1) is 6.61 Å². The minimum atomic E-state index is -4.67. The Labute approximate surface area is 123 Å². The fourth-order valence-corrected chi connectivity index (χ4v) is 0.823. The summed E-state index contributed by atoms with van der Waals surface area (Å²) in [7, 11) is -4.67. The monoisotopic (exact) mass is 298 g/mol. The van der Waals surface area contributed by atoms with E-state index in [1.54, 1.807) is 0 Å². The molecule has 0 saturated heterocycles. The summed E-state index contributed by atoms with van der Waals surface area (Å²) in [6.45, 7) is -0.671. The van der Waals surface area contributed by atoms with Crippen molar-refractivity contribution in [1.82, 2.24) is 0 Å². The van der Waals surface area contributed by atoms with Crippen LogP contribution in [-0.2, 0) is 19.9 Å². The fourth-order valence-electron chi connectivity index (χ4n) is 0.823. The molecule has 12 heteroatoms. The van der Waals surface area contributed by atoms with E-state index >= 15 is 0 Å². The number of rotatable bonds is 2. The van der Waals surface area contributed by atoms with Gasteiger partial charge in [0.2, 0.25) is 5.76 Å². The number of carbonyl (C=O) groups excluding carboxylic acids is 1. The van der Waals surface area contributed by atoms with E-state index < -0.39 is 46.7 Å². The average Bonchev–Trinajstić information content (AvgIpc) is 2.42. The van der Waals surface area contributed by atoms with Crippen LogP contribution >= 0.6 is 0 Å². The van der Waals surface area contributed by atoms with E-state index in [1.165, 1.54) is 0 Å². The molecule has 2 atom stereocenters. The molecule has 102 valence electrons. The number of aliphatic hydroxyl groups is 4. The number of hydrogen-bond donors (Lipinski definition) is 6. The Balaban J connectivity index is 0. The number of aliphatic hydroxyl groups excluding tert-OH is 4. The molecule has 0 amide bonds. The molecular weight excluding hydrogens is 287 g/mol. The first-order valence-corrected chi connectivity index (χ1v) is 5.29. The third-order valence-corrected chi connectivity index (χ3v) is 1.48. The van der Waals surface area contributed by atoms with Gasteiger partial charge in [0, 0.05) is 0 Å². The van der Waals surface area contributed by atoms with Crippen LogP contribution in [-0.4, -0.2) is 92.3 Å². The van der Waals surface area contributed by atoms with Crippen molar-refractivity contribution in [2.45, 2.75) is 12.2 Å². The van der Waals surface area contributed by atoms with Crippen LogP contribution in [0.4, 0.5) is 0 Å². The summed E-state index contributed by atoms with van der Waals surface area (Å²) in [6.07, 6.45) is -2.78. The van der Waals surface area contributed by atoms with Crippen LogP contribution < -0.4 is 0 Å². The summed E-state index contributed by atoms with van der Waals surface area (Å²) >= 11 is 0. The maximum absolute atomic E-state index is 10.5. The number of hydrogen-bond acceptors (Lipinski definition) is 8. The van der Waals surface area contributed by atoms with Crippen LogP contribution in [0.15, 0.2) is 11.5 Å². The SMILES string of the molecule is O=C1O[C@H]([C@@H](O)CO)C(O)=C1O.O=S(=O)(O)O.[NaH]. The molecular formula is C6H11NaO10S. The van der Waals surface area contributed by atoms with Crippen molar-refractivity contribution in [3.8, 4) is 0 Å². The molecule has 6 N–H and O–H groups in total. The van der Waals surface area contributed by atoms with E-state index in [9.17, 15) is 4.79 Å². The summed E-state index contributed by atoms with van der Waals surface area (Å²) in [6, 6.07) is 0. The van der Waals surface area contributed by atoms with E-state index in [-0.39, 0.29) is 29.6 Å². The molecule has 0 spiro atoms. The van der Waals surface area contributed by atoms with Crippen molar-refractivity contribution in [2.75, 3.05) is 6.61 Å². The quantitative estimate of drug-likeness (QED) is 0.178. The maximum atomic E-state index is 10.5. The van der Waals surface area contributed by atoms with Gasteiger partial charge in [0.1, 0.15) is 6.10 Å². The van der Waals surface area contributed by atoms with Gasteiger partial charge in [0.15, 0.2) is 11.9 Å². The second-order valence-electron chi connectivity index (χ2n) is 2.76. The van der Waals surface area contributed by atoms with Gasteiger partial charge < -0.3 is 25.2 Å². The molecule has 1 rings (SSSR count). The Kier molecular flexibility index (Phi) is 8.76. The van der Waals surface area contributed by atoms with Gasteiger partial charge in [-0.25, -0.2) is 4.79 Å². The summed E-state index contributed by atoms with van der Waals surface area (Å²) in [5.41, 5.74) is 0. The number of ether oxygens (including phenoxy) is 1. The molecule has 0 saturated carbocycles. The molecule has 0 bridgehead atoms. The van der Waals surface area contributed by atoms with Gasteiger partial charge >= 0.3 is 45.9 Å². The zero-order valence-electron chi connectivity index (χ0n) is 8.09. The molecule has 0 aliphatic carbocycles. The van der Waals surface area contributed by atoms with Crippen molar-refractivity contribution in [3.63, 3.8) is 0 Å². The van der Waals surface area contributed by atoms with Crippen LogP contribution in [0.3, 0.4) is 0 Å². The number of esters is 1. The first kappa shape index (κ1) is 19.9. The third-order valence-electron chi connectivity index (χ3n) is 1.48. The molecule has 0 aromatic carbocycles. The van der Waals surface area contributed by atoms with E-state index in [0.29, 0.717) is 0 Å².